The van der Waals surface area contributed by atoms with Crippen molar-refractivity contribution in [1.82, 2.24) is 4.98 Å². The molecule has 0 spiro atoms. The number of benzene rings is 2. The number of thiazole rings is 1. The van der Waals surface area contributed by atoms with E-state index in [9.17, 15) is 22.0 Å². The Morgan fingerprint density at radius 3 is 2.42 bits per heavy atom. The van der Waals surface area contributed by atoms with Crippen LogP contribution in [0.5, 0.6) is 11.5 Å². The molecule has 0 unspecified atom stereocenters. The minimum absolute atomic E-state index is 0.248. The molecular formula is C17H10F5NO2S. The zero-order valence-electron chi connectivity index (χ0n) is 12.9. The Hall–Kier alpha value is -2.68. The number of ether oxygens (including phenoxy) is 2. The third-order valence-electron chi connectivity index (χ3n) is 3.18. The number of aromatic nitrogens is 1. The summed E-state index contributed by atoms with van der Waals surface area (Å²) in [6.45, 7) is 3.75. The maximum absolute atomic E-state index is 14.3. The van der Waals surface area contributed by atoms with Crippen molar-refractivity contribution in [3.63, 3.8) is 0 Å². The van der Waals surface area contributed by atoms with Crippen molar-refractivity contribution in [1.29, 1.82) is 0 Å². The van der Waals surface area contributed by atoms with Gasteiger partial charge in [-0.1, -0.05) is 12.7 Å². The fourth-order valence-electron chi connectivity index (χ4n) is 2.06. The lowest BCUT2D eigenvalue weighted by molar-refractivity contribution is -0.185. The molecule has 3 aromatic rings. The molecule has 3 nitrogen and oxygen atoms in total. The van der Waals surface area contributed by atoms with E-state index in [2.05, 4.69) is 16.3 Å². The van der Waals surface area contributed by atoms with E-state index in [1.165, 1.54) is 18.2 Å². The molecule has 0 aliphatic rings. The zero-order chi connectivity index (χ0) is 18.9. The second kappa shape index (κ2) is 6.91. The molecule has 0 N–H and O–H groups in total. The monoisotopic (exact) mass is 387 g/mol. The van der Waals surface area contributed by atoms with Crippen LogP contribution >= 0.6 is 11.3 Å². The van der Waals surface area contributed by atoms with Gasteiger partial charge in [0.25, 0.3) is 0 Å². The third-order valence-corrected chi connectivity index (χ3v) is 4.25. The van der Waals surface area contributed by atoms with Crippen molar-refractivity contribution in [2.24, 2.45) is 0 Å². The predicted molar refractivity (Wildman–Crippen MR) is 86.2 cm³/mol. The van der Waals surface area contributed by atoms with Gasteiger partial charge in [0.1, 0.15) is 18.1 Å². The standard InChI is InChI=1S/C17H10F5NO2S/c1-2-5-24-9-3-4-13-14(8-9)26-16(23-13)17(21,22)25-10-6-11(18)15(20)12(19)7-10/h2-4,6-8H,1,5H2. The first-order valence-corrected chi connectivity index (χ1v) is 7.98. The first kappa shape index (κ1) is 18.1. The molecule has 0 saturated carbocycles. The summed E-state index contributed by atoms with van der Waals surface area (Å²) >= 11 is 0.629. The SMILES string of the molecule is C=CCOc1ccc2nc(C(F)(F)Oc3cc(F)c(F)c(F)c3)sc2c1. The van der Waals surface area contributed by atoms with Gasteiger partial charge in [0, 0.05) is 12.1 Å². The molecule has 0 bridgehead atoms. The molecule has 3 rings (SSSR count). The van der Waals surface area contributed by atoms with Crippen LogP contribution < -0.4 is 9.47 Å². The van der Waals surface area contributed by atoms with Gasteiger partial charge in [-0.15, -0.1) is 11.3 Å². The van der Waals surface area contributed by atoms with E-state index in [1.54, 1.807) is 6.07 Å². The molecular weight excluding hydrogens is 377 g/mol. The molecule has 0 aliphatic heterocycles. The Balaban J connectivity index is 1.89. The summed E-state index contributed by atoms with van der Waals surface area (Å²) in [7, 11) is 0. The number of fused-ring (bicyclic) bond motifs is 1. The van der Waals surface area contributed by atoms with E-state index in [0.717, 1.165) is 0 Å². The number of hydrogen-bond acceptors (Lipinski definition) is 4. The van der Waals surface area contributed by atoms with Gasteiger partial charge in [-0.25, -0.2) is 18.2 Å². The van der Waals surface area contributed by atoms with Crippen LogP contribution in [0.2, 0.25) is 0 Å². The van der Waals surface area contributed by atoms with Gasteiger partial charge in [-0.05, 0) is 18.2 Å². The van der Waals surface area contributed by atoms with Gasteiger partial charge in [0.15, 0.2) is 17.5 Å². The van der Waals surface area contributed by atoms with Crippen LogP contribution in [0.4, 0.5) is 22.0 Å². The van der Waals surface area contributed by atoms with Gasteiger partial charge >= 0.3 is 6.11 Å². The normalized spacial score (nSPS) is 11.6. The summed E-state index contributed by atoms with van der Waals surface area (Å²) in [5.41, 5.74) is 0.274. The lowest BCUT2D eigenvalue weighted by Crippen LogP contribution is -2.21. The van der Waals surface area contributed by atoms with Gasteiger partial charge < -0.3 is 9.47 Å². The minimum atomic E-state index is -3.97. The molecule has 0 radical (unpaired) electrons. The largest absolute Gasteiger partial charge is 0.490 e. The minimum Gasteiger partial charge on any atom is -0.490 e. The van der Waals surface area contributed by atoms with Crippen molar-refractivity contribution in [2.75, 3.05) is 6.61 Å². The molecule has 136 valence electrons. The van der Waals surface area contributed by atoms with Crippen molar-refractivity contribution >= 4 is 21.6 Å². The Morgan fingerprint density at radius 1 is 1.08 bits per heavy atom. The summed E-state index contributed by atoms with van der Waals surface area (Å²) in [5, 5.41) is -0.724. The van der Waals surface area contributed by atoms with Crippen molar-refractivity contribution < 1.29 is 31.4 Å². The maximum Gasteiger partial charge on any atom is 0.454 e. The summed E-state index contributed by atoms with van der Waals surface area (Å²) in [5.74, 6) is -5.46. The summed E-state index contributed by atoms with van der Waals surface area (Å²) < 4.78 is 77.9. The van der Waals surface area contributed by atoms with Crippen molar-refractivity contribution in [3.05, 3.63) is 65.4 Å². The lowest BCUT2D eigenvalue weighted by Gasteiger charge is -2.15. The first-order chi connectivity index (χ1) is 12.3. The number of nitrogens with zero attached hydrogens (tertiary/aromatic N) is 1. The van der Waals surface area contributed by atoms with Crippen LogP contribution in [0.25, 0.3) is 10.2 Å². The molecule has 9 heteroatoms. The molecule has 1 heterocycles. The quantitative estimate of drug-likeness (QED) is 0.322. The highest BCUT2D eigenvalue weighted by molar-refractivity contribution is 7.18. The van der Waals surface area contributed by atoms with Gasteiger partial charge in [-0.3, -0.25) is 0 Å². The Bertz CT molecular complexity index is 950. The van der Waals surface area contributed by atoms with Crippen LogP contribution in [0.1, 0.15) is 5.01 Å². The Morgan fingerprint density at radius 2 is 1.77 bits per heavy atom. The lowest BCUT2D eigenvalue weighted by atomic mass is 10.3. The predicted octanol–water partition coefficient (Wildman–Crippen LogP) is 5.41. The molecule has 0 saturated heterocycles. The van der Waals surface area contributed by atoms with Crippen LogP contribution in [-0.4, -0.2) is 11.6 Å². The molecule has 0 amide bonds. The van der Waals surface area contributed by atoms with Gasteiger partial charge in [0.05, 0.1) is 10.2 Å². The second-order valence-corrected chi connectivity index (χ2v) is 6.10. The van der Waals surface area contributed by atoms with E-state index in [1.807, 2.05) is 0 Å². The highest BCUT2D eigenvalue weighted by Gasteiger charge is 2.39. The molecule has 0 fully saturated rings. The van der Waals surface area contributed by atoms with E-state index >= 15 is 0 Å². The van der Waals surface area contributed by atoms with E-state index < -0.39 is 34.3 Å². The van der Waals surface area contributed by atoms with Gasteiger partial charge in [0.2, 0.25) is 5.01 Å². The Kier molecular flexibility index (Phi) is 4.82. The summed E-state index contributed by atoms with van der Waals surface area (Å²) in [6.07, 6.45) is -2.44. The smallest absolute Gasteiger partial charge is 0.454 e. The van der Waals surface area contributed by atoms with Crippen LogP contribution in [0.3, 0.4) is 0 Å². The van der Waals surface area contributed by atoms with E-state index in [0.29, 0.717) is 33.9 Å². The van der Waals surface area contributed by atoms with E-state index in [-0.39, 0.29) is 12.1 Å². The van der Waals surface area contributed by atoms with Crippen molar-refractivity contribution in [3.8, 4) is 11.5 Å². The molecule has 1 aromatic heterocycles. The number of halogens is 5. The number of hydrogen-bond donors (Lipinski definition) is 0. The fourth-order valence-corrected chi connectivity index (χ4v) is 2.96. The average molecular weight is 387 g/mol. The molecule has 26 heavy (non-hydrogen) atoms. The highest BCUT2D eigenvalue weighted by Crippen LogP contribution is 2.38. The van der Waals surface area contributed by atoms with Gasteiger partial charge in [-0.2, -0.15) is 8.78 Å². The highest BCUT2D eigenvalue weighted by atomic mass is 32.1. The molecule has 0 aliphatic carbocycles. The topological polar surface area (TPSA) is 31.4 Å². The van der Waals surface area contributed by atoms with Crippen molar-refractivity contribution in [2.45, 2.75) is 6.11 Å². The third kappa shape index (κ3) is 3.62. The summed E-state index contributed by atoms with van der Waals surface area (Å²) in [4.78, 5) is 3.77. The van der Waals surface area contributed by atoms with Crippen LogP contribution in [-0.2, 0) is 6.11 Å². The molecule has 0 atom stereocenters. The second-order valence-electron chi connectivity index (χ2n) is 5.07. The maximum atomic E-state index is 14.3. The van der Waals surface area contributed by atoms with E-state index in [4.69, 9.17) is 4.74 Å². The zero-order valence-corrected chi connectivity index (χ0v) is 13.8. The summed E-state index contributed by atoms with van der Waals surface area (Å²) in [6, 6.07) is 5.23. The first-order valence-electron chi connectivity index (χ1n) is 7.16. The Labute approximate surface area is 148 Å². The van der Waals surface area contributed by atoms with Crippen LogP contribution in [0, 0.1) is 17.5 Å². The average Bonchev–Trinajstić information content (AvgIpc) is 3.01. The molecule has 2 aromatic carbocycles. The fraction of sp³-hybridized carbons (Fsp3) is 0.118. The number of rotatable bonds is 6. The number of alkyl halides is 2. The van der Waals surface area contributed by atoms with Crippen LogP contribution in [0.15, 0.2) is 43.0 Å².